The van der Waals surface area contributed by atoms with E-state index in [0.29, 0.717) is 11.5 Å². The largest absolute Gasteiger partial charge is 0.486 e. The molecule has 0 aliphatic heterocycles. The molecular weight excluding hydrogens is 232 g/mol. The van der Waals surface area contributed by atoms with Crippen molar-refractivity contribution in [2.45, 2.75) is 20.5 Å². The third-order valence-corrected chi connectivity index (χ3v) is 3.22. The molecule has 0 unspecified atom stereocenters. The lowest BCUT2D eigenvalue weighted by Crippen LogP contribution is -1.96. The summed E-state index contributed by atoms with van der Waals surface area (Å²) in [5.74, 6) is 0.865. The Balaban J connectivity index is 2.05. The van der Waals surface area contributed by atoms with E-state index < -0.39 is 0 Å². The molecule has 0 bridgehead atoms. The average Bonchev–Trinajstić information content (AvgIpc) is 2.76. The maximum Gasteiger partial charge on any atom is 0.140 e. The van der Waals surface area contributed by atoms with Crippen LogP contribution in [0.25, 0.3) is 0 Å². The van der Waals surface area contributed by atoms with Gasteiger partial charge in [0.2, 0.25) is 0 Å². The summed E-state index contributed by atoms with van der Waals surface area (Å²) in [6, 6.07) is 8.13. The highest BCUT2D eigenvalue weighted by atomic mass is 32.1. The fourth-order valence-electron chi connectivity index (χ4n) is 1.53. The summed E-state index contributed by atoms with van der Waals surface area (Å²) in [4.78, 5) is 4.74. The second kappa shape index (κ2) is 4.98. The van der Waals surface area contributed by atoms with Gasteiger partial charge in [-0.1, -0.05) is 17.7 Å². The first-order chi connectivity index (χ1) is 8.19. The summed E-state index contributed by atoms with van der Waals surface area (Å²) in [6.07, 6.45) is 1.57. The van der Waals surface area contributed by atoms with Crippen molar-refractivity contribution in [1.29, 1.82) is 5.26 Å². The van der Waals surface area contributed by atoms with Crippen molar-refractivity contribution in [3.63, 3.8) is 0 Å². The van der Waals surface area contributed by atoms with E-state index in [1.165, 1.54) is 16.9 Å². The maximum absolute atomic E-state index is 8.69. The van der Waals surface area contributed by atoms with Gasteiger partial charge in [-0.15, -0.1) is 11.3 Å². The minimum atomic E-state index is 0.413. The Bertz CT molecular complexity index is 569. The molecule has 1 heterocycles. The molecule has 3 nitrogen and oxygen atoms in total. The van der Waals surface area contributed by atoms with E-state index in [-0.39, 0.29) is 0 Å². The van der Waals surface area contributed by atoms with E-state index in [4.69, 9.17) is 10.00 Å². The molecule has 17 heavy (non-hydrogen) atoms. The van der Waals surface area contributed by atoms with Crippen LogP contribution in [-0.4, -0.2) is 4.98 Å². The van der Waals surface area contributed by atoms with E-state index in [1.54, 1.807) is 6.20 Å². The Hall–Kier alpha value is -1.86. The highest BCUT2D eigenvalue weighted by Gasteiger charge is 2.04. The molecule has 2 aromatic rings. The summed E-state index contributed by atoms with van der Waals surface area (Å²) in [6.45, 7) is 4.48. The van der Waals surface area contributed by atoms with Crippen LogP contribution in [0.1, 0.15) is 21.0 Å². The van der Waals surface area contributed by atoms with Crippen molar-refractivity contribution in [3.8, 4) is 11.8 Å². The number of aryl methyl sites for hydroxylation is 2. The smallest absolute Gasteiger partial charge is 0.140 e. The van der Waals surface area contributed by atoms with Crippen LogP contribution in [0.4, 0.5) is 0 Å². The van der Waals surface area contributed by atoms with Crippen LogP contribution < -0.4 is 4.74 Å². The fourth-order valence-corrected chi connectivity index (χ4v) is 2.16. The summed E-state index contributed by atoms with van der Waals surface area (Å²) in [5.41, 5.74) is 2.33. The number of nitriles is 1. The van der Waals surface area contributed by atoms with Gasteiger partial charge in [0.1, 0.15) is 28.3 Å². The van der Waals surface area contributed by atoms with Crippen LogP contribution in [0.5, 0.6) is 5.75 Å². The van der Waals surface area contributed by atoms with Crippen LogP contribution >= 0.6 is 11.3 Å². The molecule has 0 aliphatic carbocycles. The van der Waals surface area contributed by atoms with Crippen LogP contribution in [0, 0.1) is 25.2 Å². The van der Waals surface area contributed by atoms with Crippen LogP contribution in [0.2, 0.25) is 0 Å². The maximum atomic E-state index is 8.69. The van der Waals surface area contributed by atoms with Gasteiger partial charge in [-0.2, -0.15) is 5.26 Å². The number of thiazole rings is 1. The Morgan fingerprint density at radius 3 is 2.88 bits per heavy atom. The Kier molecular flexibility index (Phi) is 3.40. The molecule has 4 heteroatoms. The molecule has 0 saturated heterocycles. The molecule has 0 aliphatic rings. The van der Waals surface area contributed by atoms with Gasteiger partial charge < -0.3 is 4.74 Å². The van der Waals surface area contributed by atoms with Crippen molar-refractivity contribution in [2.75, 3.05) is 0 Å². The van der Waals surface area contributed by atoms with Gasteiger partial charge in [-0.05, 0) is 25.5 Å². The lowest BCUT2D eigenvalue weighted by atomic mass is 10.1. The number of hydrogen-bond donors (Lipinski definition) is 0. The second-order valence-corrected chi connectivity index (χ2v) is 4.90. The zero-order valence-electron chi connectivity index (χ0n) is 9.73. The molecule has 2 rings (SSSR count). The van der Waals surface area contributed by atoms with Crippen LogP contribution in [0.15, 0.2) is 24.4 Å². The van der Waals surface area contributed by atoms with Crippen molar-refractivity contribution in [1.82, 2.24) is 4.98 Å². The van der Waals surface area contributed by atoms with Crippen molar-refractivity contribution in [2.24, 2.45) is 0 Å². The number of nitrogens with zero attached hydrogens (tertiary/aromatic N) is 2. The molecule has 0 amide bonds. The molecule has 1 aromatic carbocycles. The van der Waals surface area contributed by atoms with Gasteiger partial charge in [-0.25, -0.2) is 4.98 Å². The molecule has 86 valence electrons. The van der Waals surface area contributed by atoms with Crippen molar-refractivity contribution < 1.29 is 4.74 Å². The lowest BCUT2D eigenvalue weighted by molar-refractivity contribution is 0.303. The Labute approximate surface area is 104 Å². The number of rotatable bonds is 3. The molecule has 0 saturated carbocycles. The predicted molar refractivity (Wildman–Crippen MR) is 67.1 cm³/mol. The molecule has 0 spiro atoms. The van der Waals surface area contributed by atoms with Crippen molar-refractivity contribution >= 4 is 11.3 Å². The van der Waals surface area contributed by atoms with Gasteiger partial charge in [-0.3, -0.25) is 0 Å². The second-order valence-electron chi connectivity index (χ2n) is 3.79. The van der Waals surface area contributed by atoms with Crippen molar-refractivity contribution in [3.05, 3.63) is 45.4 Å². The zero-order chi connectivity index (χ0) is 12.3. The zero-order valence-corrected chi connectivity index (χ0v) is 10.5. The number of hydrogen-bond acceptors (Lipinski definition) is 4. The Morgan fingerprint density at radius 2 is 2.24 bits per heavy atom. The third-order valence-electron chi connectivity index (χ3n) is 2.35. The van der Waals surface area contributed by atoms with E-state index in [0.717, 1.165) is 16.3 Å². The molecule has 0 fully saturated rings. The van der Waals surface area contributed by atoms with Crippen LogP contribution in [0.3, 0.4) is 0 Å². The van der Waals surface area contributed by atoms with E-state index in [9.17, 15) is 0 Å². The highest BCUT2D eigenvalue weighted by molar-refractivity contribution is 7.12. The number of ether oxygens (including phenoxy) is 1. The summed E-state index contributed by atoms with van der Waals surface area (Å²) >= 11 is 1.36. The molecule has 0 atom stereocenters. The molecule has 0 radical (unpaired) electrons. The SMILES string of the molecule is Cc1ccc(OCc2ncc(C#N)s2)c(C)c1. The van der Waals surface area contributed by atoms with Gasteiger partial charge in [0.05, 0.1) is 6.20 Å². The summed E-state index contributed by atoms with van der Waals surface area (Å²) in [5, 5.41) is 9.51. The first-order valence-electron chi connectivity index (χ1n) is 5.24. The molecule has 0 N–H and O–H groups in total. The van der Waals surface area contributed by atoms with E-state index in [2.05, 4.69) is 24.0 Å². The number of benzene rings is 1. The molecular formula is C13H12N2OS. The van der Waals surface area contributed by atoms with Gasteiger partial charge in [0.25, 0.3) is 0 Å². The van der Waals surface area contributed by atoms with Gasteiger partial charge in [0, 0.05) is 0 Å². The topological polar surface area (TPSA) is 45.9 Å². The van der Waals surface area contributed by atoms with Crippen LogP contribution in [-0.2, 0) is 6.61 Å². The van der Waals surface area contributed by atoms with E-state index in [1.807, 2.05) is 19.1 Å². The normalized spacial score (nSPS) is 9.94. The minimum Gasteiger partial charge on any atom is -0.486 e. The monoisotopic (exact) mass is 244 g/mol. The van der Waals surface area contributed by atoms with Gasteiger partial charge >= 0.3 is 0 Å². The highest BCUT2D eigenvalue weighted by Crippen LogP contribution is 2.21. The lowest BCUT2D eigenvalue weighted by Gasteiger charge is -2.07. The van der Waals surface area contributed by atoms with Gasteiger partial charge in [0.15, 0.2) is 0 Å². The minimum absolute atomic E-state index is 0.413. The standard InChI is InChI=1S/C13H12N2OS/c1-9-3-4-12(10(2)5-9)16-8-13-15-7-11(6-14)17-13/h3-5,7H,8H2,1-2H3. The fraction of sp³-hybridized carbons (Fsp3) is 0.231. The average molecular weight is 244 g/mol. The quantitative estimate of drug-likeness (QED) is 0.832. The summed E-state index contributed by atoms with van der Waals surface area (Å²) in [7, 11) is 0. The molecule has 1 aromatic heterocycles. The predicted octanol–water partition coefficient (Wildman–Crippen LogP) is 3.21. The Morgan fingerprint density at radius 1 is 1.41 bits per heavy atom. The first-order valence-corrected chi connectivity index (χ1v) is 6.05. The summed E-state index contributed by atoms with van der Waals surface area (Å²) < 4.78 is 5.67. The first kappa shape index (κ1) is 11.6. The number of aromatic nitrogens is 1. The van der Waals surface area contributed by atoms with E-state index >= 15 is 0 Å². The third kappa shape index (κ3) is 2.83.